The maximum atomic E-state index is 12.1. The van der Waals surface area contributed by atoms with Crippen LogP contribution in [0, 0.1) is 13.8 Å². The molecule has 1 fully saturated rings. The van der Waals surface area contributed by atoms with E-state index in [4.69, 9.17) is 9.47 Å². The van der Waals surface area contributed by atoms with Crippen molar-refractivity contribution in [2.75, 3.05) is 30.4 Å². The van der Waals surface area contributed by atoms with Crippen LogP contribution in [0.25, 0.3) is 0 Å². The van der Waals surface area contributed by atoms with Crippen LogP contribution in [0.4, 0.5) is 11.4 Å². The lowest BCUT2D eigenvalue weighted by Gasteiger charge is -2.13. The molecule has 0 spiro atoms. The smallest absolute Gasteiger partial charge is 0.243 e. The summed E-state index contributed by atoms with van der Waals surface area (Å²) >= 11 is 0. The number of amides is 1. The minimum absolute atomic E-state index is 0.0843. The van der Waals surface area contributed by atoms with Crippen LogP contribution in [0.3, 0.4) is 0 Å². The molecule has 1 heterocycles. The molecule has 0 radical (unpaired) electrons. The Morgan fingerprint density at radius 1 is 1.15 bits per heavy atom. The lowest BCUT2D eigenvalue weighted by molar-refractivity contribution is -0.114. The normalized spacial score (nSPS) is 16.3. The Hall–Kier alpha value is -2.53. The average Bonchev–Trinajstić information content (AvgIpc) is 3.15. The molecule has 5 heteroatoms. The summed E-state index contributed by atoms with van der Waals surface area (Å²) < 4.78 is 11.4. The third kappa shape index (κ3) is 5.23. The maximum absolute atomic E-state index is 12.1. The molecule has 2 N–H and O–H groups in total. The number of aryl methyl sites for hydroxylation is 2. The summed E-state index contributed by atoms with van der Waals surface area (Å²) in [6, 6.07) is 13.5. The Balaban J connectivity index is 1.48. The zero-order valence-corrected chi connectivity index (χ0v) is 15.4. The summed E-state index contributed by atoms with van der Waals surface area (Å²) in [6.45, 7) is 5.67. The molecule has 3 rings (SSSR count). The number of hydrogen-bond acceptors (Lipinski definition) is 4. The van der Waals surface area contributed by atoms with Crippen LogP contribution in [-0.2, 0) is 9.53 Å². The third-order valence-corrected chi connectivity index (χ3v) is 4.54. The molecular formula is C21H26N2O3. The van der Waals surface area contributed by atoms with Gasteiger partial charge in [0.05, 0.1) is 12.6 Å². The number of benzene rings is 2. The summed E-state index contributed by atoms with van der Waals surface area (Å²) in [6.07, 6.45) is 2.34. The van der Waals surface area contributed by atoms with Gasteiger partial charge < -0.3 is 20.1 Å². The van der Waals surface area contributed by atoms with Crippen molar-refractivity contribution < 1.29 is 14.3 Å². The largest absolute Gasteiger partial charge is 0.491 e. The molecule has 0 saturated carbocycles. The van der Waals surface area contributed by atoms with Gasteiger partial charge in [-0.15, -0.1) is 0 Å². The van der Waals surface area contributed by atoms with Crippen LogP contribution in [0.1, 0.15) is 24.0 Å². The van der Waals surface area contributed by atoms with Crippen LogP contribution < -0.4 is 15.4 Å². The van der Waals surface area contributed by atoms with Crippen molar-refractivity contribution in [1.82, 2.24) is 0 Å². The summed E-state index contributed by atoms with van der Waals surface area (Å²) in [7, 11) is 0. The van der Waals surface area contributed by atoms with Crippen molar-refractivity contribution in [3.05, 3.63) is 53.6 Å². The number of rotatable bonds is 7. The lowest BCUT2D eigenvalue weighted by Crippen LogP contribution is -2.21. The van der Waals surface area contributed by atoms with Gasteiger partial charge in [-0.1, -0.05) is 12.1 Å². The first-order chi connectivity index (χ1) is 12.6. The maximum Gasteiger partial charge on any atom is 0.243 e. The Labute approximate surface area is 154 Å². The number of nitrogens with one attached hydrogen (secondary N) is 2. The topological polar surface area (TPSA) is 59.6 Å². The van der Waals surface area contributed by atoms with Crippen molar-refractivity contribution in [2.24, 2.45) is 0 Å². The molecule has 1 atom stereocenters. The second kappa shape index (κ2) is 8.72. The van der Waals surface area contributed by atoms with Crippen molar-refractivity contribution in [2.45, 2.75) is 32.8 Å². The standard InChI is InChI=1S/C21H26N2O3/c1-15-8-9-18(11-16(15)2)23-21(24)13-22-17-5-3-6-19(12-17)26-14-20-7-4-10-25-20/h3,5-6,8-9,11-12,20,22H,4,7,10,13-14H2,1-2H3,(H,23,24). The Morgan fingerprint density at radius 3 is 2.81 bits per heavy atom. The molecule has 2 aromatic carbocycles. The zero-order chi connectivity index (χ0) is 18.4. The average molecular weight is 354 g/mol. The molecule has 1 aliphatic heterocycles. The van der Waals surface area contributed by atoms with Gasteiger partial charge in [0.15, 0.2) is 0 Å². The zero-order valence-electron chi connectivity index (χ0n) is 15.4. The number of ether oxygens (including phenoxy) is 2. The van der Waals surface area contributed by atoms with E-state index in [0.29, 0.717) is 6.61 Å². The van der Waals surface area contributed by atoms with Gasteiger partial charge >= 0.3 is 0 Å². The van der Waals surface area contributed by atoms with Gasteiger partial charge in [-0.2, -0.15) is 0 Å². The summed E-state index contributed by atoms with van der Waals surface area (Å²) in [4.78, 5) is 12.1. The SMILES string of the molecule is Cc1ccc(NC(=O)CNc2cccc(OCC3CCCO3)c2)cc1C. The van der Waals surface area contributed by atoms with Gasteiger partial charge in [-0.25, -0.2) is 0 Å². The van der Waals surface area contributed by atoms with E-state index < -0.39 is 0 Å². The Morgan fingerprint density at radius 2 is 2.04 bits per heavy atom. The van der Waals surface area contributed by atoms with Crippen LogP contribution in [-0.4, -0.2) is 31.8 Å². The first-order valence-corrected chi connectivity index (χ1v) is 9.05. The van der Waals surface area contributed by atoms with Gasteiger partial charge in [-0.3, -0.25) is 4.79 Å². The van der Waals surface area contributed by atoms with E-state index in [9.17, 15) is 4.79 Å². The van der Waals surface area contributed by atoms with Crippen molar-refractivity contribution in [1.29, 1.82) is 0 Å². The predicted octanol–water partition coefficient (Wildman–Crippen LogP) is 3.91. The van der Waals surface area contributed by atoms with Gasteiger partial charge in [0.25, 0.3) is 0 Å². The predicted molar refractivity (Wildman–Crippen MR) is 104 cm³/mol. The van der Waals surface area contributed by atoms with Crippen molar-refractivity contribution >= 4 is 17.3 Å². The number of carbonyl (C=O) groups is 1. The van der Waals surface area contributed by atoms with Crippen LogP contribution in [0.5, 0.6) is 5.75 Å². The second-order valence-electron chi connectivity index (χ2n) is 6.67. The van der Waals surface area contributed by atoms with E-state index in [1.165, 1.54) is 5.56 Å². The molecule has 5 nitrogen and oxygen atoms in total. The highest BCUT2D eigenvalue weighted by Crippen LogP contribution is 2.20. The van der Waals surface area contributed by atoms with Crippen molar-refractivity contribution in [3.8, 4) is 5.75 Å². The molecule has 1 unspecified atom stereocenters. The molecule has 1 aliphatic rings. The first kappa shape index (κ1) is 18.3. The molecule has 0 aliphatic carbocycles. The highest BCUT2D eigenvalue weighted by atomic mass is 16.5. The summed E-state index contributed by atoms with van der Waals surface area (Å²) in [5, 5.41) is 6.04. The molecule has 1 saturated heterocycles. The molecule has 138 valence electrons. The Kier molecular flexibility index (Phi) is 6.12. The van der Waals surface area contributed by atoms with E-state index in [1.807, 2.05) is 49.4 Å². The van der Waals surface area contributed by atoms with Crippen LogP contribution in [0.2, 0.25) is 0 Å². The molecular weight excluding hydrogens is 328 g/mol. The number of hydrogen-bond donors (Lipinski definition) is 2. The van der Waals surface area contributed by atoms with E-state index >= 15 is 0 Å². The molecule has 0 aromatic heterocycles. The third-order valence-electron chi connectivity index (χ3n) is 4.54. The lowest BCUT2D eigenvalue weighted by atomic mass is 10.1. The minimum Gasteiger partial charge on any atom is -0.491 e. The highest BCUT2D eigenvalue weighted by molar-refractivity contribution is 5.93. The fraction of sp³-hybridized carbons (Fsp3) is 0.381. The first-order valence-electron chi connectivity index (χ1n) is 9.05. The quantitative estimate of drug-likeness (QED) is 0.791. The van der Waals surface area contributed by atoms with Crippen LogP contribution in [0.15, 0.2) is 42.5 Å². The second-order valence-corrected chi connectivity index (χ2v) is 6.67. The minimum atomic E-state index is -0.0843. The summed E-state index contributed by atoms with van der Waals surface area (Å²) in [5.74, 6) is 0.694. The van der Waals surface area contributed by atoms with Gasteiger partial charge in [0.2, 0.25) is 5.91 Å². The molecule has 1 amide bonds. The van der Waals surface area contributed by atoms with Gasteiger partial charge in [-0.05, 0) is 62.1 Å². The number of anilines is 2. The van der Waals surface area contributed by atoms with E-state index in [-0.39, 0.29) is 18.6 Å². The summed E-state index contributed by atoms with van der Waals surface area (Å²) in [5.41, 5.74) is 4.03. The fourth-order valence-corrected chi connectivity index (χ4v) is 2.87. The van der Waals surface area contributed by atoms with E-state index in [1.54, 1.807) is 0 Å². The number of carbonyl (C=O) groups excluding carboxylic acids is 1. The highest BCUT2D eigenvalue weighted by Gasteiger charge is 2.16. The van der Waals surface area contributed by atoms with E-state index in [2.05, 4.69) is 17.6 Å². The molecule has 2 aromatic rings. The fourth-order valence-electron chi connectivity index (χ4n) is 2.87. The van der Waals surface area contributed by atoms with Crippen molar-refractivity contribution in [3.63, 3.8) is 0 Å². The monoisotopic (exact) mass is 354 g/mol. The van der Waals surface area contributed by atoms with Crippen LogP contribution >= 0.6 is 0 Å². The molecule has 0 bridgehead atoms. The van der Waals surface area contributed by atoms with E-state index in [0.717, 1.165) is 42.1 Å². The van der Waals surface area contributed by atoms with Gasteiger partial charge in [0.1, 0.15) is 12.4 Å². The van der Waals surface area contributed by atoms with Gasteiger partial charge in [0, 0.05) is 24.0 Å². The molecule has 26 heavy (non-hydrogen) atoms. The Bertz CT molecular complexity index is 755.